The highest BCUT2D eigenvalue weighted by molar-refractivity contribution is 9.10. The maximum Gasteiger partial charge on any atom is 0.308 e. The smallest absolute Gasteiger partial charge is 0.308 e. The highest BCUT2D eigenvalue weighted by Crippen LogP contribution is 2.43. The summed E-state index contributed by atoms with van der Waals surface area (Å²) in [7, 11) is 1.38. The molecule has 0 spiro atoms. The van der Waals surface area contributed by atoms with Crippen LogP contribution < -0.4 is 14.2 Å². The summed E-state index contributed by atoms with van der Waals surface area (Å²) in [5.41, 5.74) is 0.587. The number of carbonyl (C=O) groups excluding carboxylic acids is 4. The average molecular weight is 447 g/mol. The first kappa shape index (κ1) is 19.8. The van der Waals surface area contributed by atoms with E-state index in [0.29, 0.717) is 10.0 Å². The number of ketones is 2. The molecule has 8 heteroatoms. The van der Waals surface area contributed by atoms with Gasteiger partial charge in [0.2, 0.25) is 0 Å². The number of halogens is 1. The van der Waals surface area contributed by atoms with Crippen LogP contribution in [0.25, 0.3) is 0 Å². The Labute approximate surface area is 168 Å². The quantitative estimate of drug-likeness (QED) is 0.449. The van der Waals surface area contributed by atoms with Crippen molar-refractivity contribution < 1.29 is 33.4 Å². The molecule has 1 aliphatic rings. The fraction of sp³-hybridized carbons (Fsp3) is 0.200. The van der Waals surface area contributed by atoms with Crippen molar-refractivity contribution in [2.45, 2.75) is 20.8 Å². The molecule has 0 aliphatic heterocycles. The molecule has 144 valence electrons. The first-order valence-electron chi connectivity index (χ1n) is 8.17. The zero-order valence-electron chi connectivity index (χ0n) is 15.5. The van der Waals surface area contributed by atoms with Crippen LogP contribution in [-0.4, -0.2) is 30.6 Å². The van der Waals surface area contributed by atoms with Crippen molar-refractivity contribution in [1.82, 2.24) is 0 Å². The van der Waals surface area contributed by atoms with E-state index in [1.54, 1.807) is 6.92 Å². The molecule has 0 N–H and O–H groups in total. The maximum absolute atomic E-state index is 13.3. The number of methoxy groups -OCH3 is 1. The third-order valence-electron chi connectivity index (χ3n) is 4.16. The number of hydrogen-bond donors (Lipinski definition) is 0. The number of rotatable bonds is 3. The van der Waals surface area contributed by atoms with Gasteiger partial charge in [-0.05, 0) is 40.5 Å². The Kier molecular flexibility index (Phi) is 5.08. The minimum Gasteiger partial charge on any atom is -0.497 e. The van der Waals surface area contributed by atoms with Gasteiger partial charge in [0.15, 0.2) is 17.3 Å². The Morgan fingerprint density at radius 1 is 0.893 bits per heavy atom. The largest absolute Gasteiger partial charge is 0.497 e. The second-order valence-electron chi connectivity index (χ2n) is 6.15. The minimum absolute atomic E-state index is 0.00254. The molecule has 0 amide bonds. The second-order valence-corrected chi connectivity index (χ2v) is 6.95. The van der Waals surface area contributed by atoms with E-state index < -0.39 is 23.5 Å². The van der Waals surface area contributed by atoms with Crippen molar-refractivity contribution in [2.24, 2.45) is 0 Å². The van der Waals surface area contributed by atoms with Gasteiger partial charge in [0.25, 0.3) is 0 Å². The van der Waals surface area contributed by atoms with E-state index in [1.807, 2.05) is 0 Å². The van der Waals surface area contributed by atoms with Crippen molar-refractivity contribution in [3.8, 4) is 17.2 Å². The fourth-order valence-corrected chi connectivity index (χ4v) is 3.43. The average Bonchev–Trinajstić information content (AvgIpc) is 2.61. The molecule has 0 aromatic heterocycles. The van der Waals surface area contributed by atoms with Crippen molar-refractivity contribution in [3.63, 3.8) is 0 Å². The summed E-state index contributed by atoms with van der Waals surface area (Å²) in [4.78, 5) is 49.5. The molecule has 0 bridgehead atoms. The van der Waals surface area contributed by atoms with Gasteiger partial charge in [0.05, 0.1) is 22.7 Å². The number of carbonyl (C=O) groups is 4. The molecule has 3 rings (SSSR count). The Morgan fingerprint density at radius 2 is 1.46 bits per heavy atom. The van der Waals surface area contributed by atoms with E-state index in [0.717, 1.165) is 0 Å². The summed E-state index contributed by atoms with van der Waals surface area (Å²) in [6.45, 7) is 4.09. The molecule has 0 saturated carbocycles. The zero-order chi connectivity index (χ0) is 20.7. The maximum atomic E-state index is 13.3. The van der Waals surface area contributed by atoms with Crippen LogP contribution in [0.3, 0.4) is 0 Å². The van der Waals surface area contributed by atoms with E-state index >= 15 is 0 Å². The second kappa shape index (κ2) is 7.20. The number of esters is 2. The SMILES string of the molecule is COc1cc(OC(C)=O)c2c(c1)C(=O)c1c(cc(C)c(Br)c1OC(C)=O)C2=O. The van der Waals surface area contributed by atoms with Gasteiger partial charge in [0, 0.05) is 31.0 Å². The van der Waals surface area contributed by atoms with Crippen molar-refractivity contribution in [1.29, 1.82) is 0 Å². The van der Waals surface area contributed by atoms with Gasteiger partial charge in [-0.3, -0.25) is 19.2 Å². The number of fused-ring (bicyclic) bond motifs is 2. The summed E-state index contributed by atoms with van der Waals surface area (Å²) >= 11 is 3.32. The summed E-state index contributed by atoms with van der Waals surface area (Å²) < 4.78 is 15.9. The molecule has 0 saturated heterocycles. The van der Waals surface area contributed by atoms with Gasteiger partial charge >= 0.3 is 11.9 Å². The van der Waals surface area contributed by atoms with Crippen LogP contribution in [0.15, 0.2) is 22.7 Å². The molecule has 0 radical (unpaired) electrons. The van der Waals surface area contributed by atoms with Gasteiger partial charge < -0.3 is 14.2 Å². The van der Waals surface area contributed by atoms with Crippen LogP contribution in [-0.2, 0) is 9.59 Å². The van der Waals surface area contributed by atoms with Gasteiger partial charge in [-0.1, -0.05) is 0 Å². The highest BCUT2D eigenvalue weighted by atomic mass is 79.9. The Bertz CT molecular complexity index is 1070. The number of ether oxygens (including phenoxy) is 3. The van der Waals surface area contributed by atoms with Crippen LogP contribution in [0.4, 0.5) is 0 Å². The number of benzene rings is 2. The summed E-state index contributed by atoms with van der Waals surface area (Å²) in [6, 6.07) is 4.28. The molecule has 2 aromatic carbocycles. The van der Waals surface area contributed by atoms with Crippen LogP contribution >= 0.6 is 15.9 Å². The molecule has 1 aliphatic carbocycles. The zero-order valence-corrected chi connectivity index (χ0v) is 17.1. The van der Waals surface area contributed by atoms with E-state index in [2.05, 4.69) is 15.9 Å². The van der Waals surface area contributed by atoms with Gasteiger partial charge in [-0.15, -0.1) is 0 Å². The molecule has 28 heavy (non-hydrogen) atoms. The van der Waals surface area contributed by atoms with Crippen LogP contribution in [0, 0.1) is 6.92 Å². The van der Waals surface area contributed by atoms with Crippen molar-refractivity contribution in [2.75, 3.05) is 7.11 Å². The number of aryl methyl sites for hydroxylation is 1. The molecular formula is C20H15BrO7. The minimum atomic E-state index is -0.644. The molecule has 0 atom stereocenters. The Hall–Kier alpha value is -3.00. The van der Waals surface area contributed by atoms with Crippen molar-refractivity contribution >= 4 is 39.4 Å². The summed E-state index contributed by atoms with van der Waals surface area (Å²) in [6.07, 6.45) is 0. The molecule has 0 unspecified atom stereocenters. The summed E-state index contributed by atoms with van der Waals surface area (Å²) in [5, 5.41) is 0. The molecule has 0 fully saturated rings. The lowest BCUT2D eigenvalue weighted by molar-refractivity contribution is -0.132. The lowest BCUT2D eigenvalue weighted by atomic mass is 9.82. The lowest BCUT2D eigenvalue weighted by Gasteiger charge is -2.23. The topological polar surface area (TPSA) is 96.0 Å². The molecule has 7 nitrogen and oxygen atoms in total. The number of hydrogen-bond acceptors (Lipinski definition) is 7. The third kappa shape index (κ3) is 3.20. The molecule has 0 heterocycles. The van der Waals surface area contributed by atoms with Crippen LogP contribution in [0.5, 0.6) is 17.2 Å². The first-order valence-corrected chi connectivity index (χ1v) is 8.96. The Morgan fingerprint density at radius 3 is 2.04 bits per heavy atom. The van der Waals surface area contributed by atoms with Gasteiger partial charge in [0.1, 0.15) is 11.5 Å². The van der Waals surface area contributed by atoms with E-state index in [1.165, 1.54) is 39.2 Å². The Balaban J connectivity index is 2.35. The lowest BCUT2D eigenvalue weighted by Crippen LogP contribution is -2.24. The predicted molar refractivity (Wildman–Crippen MR) is 101 cm³/mol. The van der Waals surface area contributed by atoms with E-state index in [9.17, 15) is 19.2 Å². The molecule has 2 aromatic rings. The van der Waals surface area contributed by atoms with Crippen LogP contribution in [0.1, 0.15) is 51.3 Å². The molecular weight excluding hydrogens is 432 g/mol. The van der Waals surface area contributed by atoms with E-state index in [4.69, 9.17) is 14.2 Å². The van der Waals surface area contributed by atoms with Crippen LogP contribution in [0.2, 0.25) is 0 Å². The van der Waals surface area contributed by atoms with Crippen molar-refractivity contribution in [3.05, 3.63) is 50.5 Å². The van der Waals surface area contributed by atoms with E-state index in [-0.39, 0.29) is 39.5 Å². The highest BCUT2D eigenvalue weighted by Gasteiger charge is 2.37. The van der Waals surface area contributed by atoms with Gasteiger partial charge in [-0.2, -0.15) is 0 Å². The monoisotopic (exact) mass is 446 g/mol. The normalized spacial score (nSPS) is 12.2. The predicted octanol–water partition coefficient (Wildman–Crippen LogP) is 3.39. The third-order valence-corrected chi connectivity index (χ3v) is 5.14. The van der Waals surface area contributed by atoms with Gasteiger partial charge in [-0.25, -0.2) is 0 Å². The summed E-state index contributed by atoms with van der Waals surface area (Å²) in [5.74, 6) is -2.20. The first-order chi connectivity index (χ1) is 13.1. The standard InChI is InChI=1S/C20H15BrO7/c1-8-5-12-16(20(17(8)21)28-10(3)23)19(25)13-6-11(26-4)7-14(27-9(2)22)15(13)18(12)24/h5-7H,1-4H3. The fourth-order valence-electron chi connectivity index (χ4n) is 3.03.